The van der Waals surface area contributed by atoms with Gasteiger partial charge < -0.3 is 9.67 Å². The predicted molar refractivity (Wildman–Crippen MR) is 75.3 cm³/mol. The number of aliphatic hydroxyl groups is 1. The molecule has 2 unspecified atom stereocenters. The Kier molecular flexibility index (Phi) is 2.75. The molecule has 1 aromatic heterocycles. The van der Waals surface area contributed by atoms with Gasteiger partial charge in [0.15, 0.2) is 0 Å². The summed E-state index contributed by atoms with van der Waals surface area (Å²) in [7, 11) is 0. The van der Waals surface area contributed by atoms with Crippen LogP contribution >= 0.6 is 0 Å². The van der Waals surface area contributed by atoms with Gasteiger partial charge in [-0.3, -0.25) is 4.90 Å². The van der Waals surface area contributed by atoms with Crippen LogP contribution in [0.4, 0.5) is 0 Å². The molecule has 4 rings (SSSR count). The van der Waals surface area contributed by atoms with Gasteiger partial charge in [-0.1, -0.05) is 0 Å². The molecule has 2 fully saturated rings. The molecule has 104 valence electrons. The number of aryl methyl sites for hydroxylation is 1. The van der Waals surface area contributed by atoms with Crippen molar-refractivity contribution >= 4 is 0 Å². The van der Waals surface area contributed by atoms with Gasteiger partial charge in [0.05, 0.1) is 6.10 Å². The van der Waals surface area contributed by atoms with Crippen LogP contribution in [0.2, 0.25) is 0 Å². The highest BCUT2D eigenvalue weighted by Gasteiger charge is 2.36. The lowest BCUT2D eigenvalue weighted by atomic mass is 9.95. The smallest absolute Gasteiger partial charge is 0.0807 e. The minimum absolute atomic E-state index is 0.218. The van der Waals surface area contributed by atoms with Crippen LogP contribution < -0.4 is 0 Å². The zero-order chi connectivity index (χ0) is 13.0. The van der Waals surface area contributed by atoms with Gasteiger partial charge in [-0.05, 0) is 51.5 Å². The molecule has 0 radical (unpaired) electrons. The molecule has 0 amide bonds. The van der Waals surface area contributed by atoms with E-state index in [1.807, 2.05) is 0 Å². The second-order valence-corrected chi connectivity index (χ2v) is 6.63. The number of nitrogens with zero attached hydrogens (tertiary/aromatic N) is 2. The average molecular weight is 260 g/mol. The molecular formula is C16H24N2O. The molecule has 2 atom stereocenters. The van der Waals surface area contributed by atoms with Crippen molar-refractivity contribution < 1.29 is 5.11 Å². The van der Waals surface area contributed by atoms with Gasteiger partial charge in [0.2, 0.25) is 0 Å². The molecule has 1 N–H and O–H groups in total. The van der Waals surface area contributed by atoms with E-state index < -0.39 is 0 Å². The molecule has 19 heavy (non-hydrogen) atoms. The van der Waals surface area contributed by atoms with E-state index in [1.165, 1.54) is 49.3 Å². The summed E-state index contributed by atoms with van der Waals surface area (Å²) in [5, 5.41) is 10.2. The monoisotopic (exact) mass is 260 g/mol. The van der Waals surface area contributed by atoms with Crippen LogP contribution in [-0.4, -0.2) is 33.7 Å². The first-order chi connectivity index (χ1) is 9.24. The predicted octanol–water partition coefficient (Wildman–Crippen LogP) is 2.58. The second kappa shape index (κ2) is 4.35. The van der Waals surface area contributed by atoms with E-state index >= 15 is 0 Å². The number of likely N-dealkylation sites (tertiary alicyclic amines) is 1. The van der Waals surface area contributed by atoms with E-state index in [-0.39, 0.29) is 6.10 Å². The third kappa shape index (κ3) is 1.95. The Balaban J connectivity index is 1.64. The fraction of sp³-hybridized carbons (Fsp3) is 0.750. The first-order valence-corrected chi connectivity index (χ1v) is 7.87. The largest absolute Gasteiger partial charge is 0.388 e. The lowest BCUT2D eigenvalue weighted by molar-refractivity contribution is 0.155. The van der Waals surface area contributed by atoms with E-state index in [2.05, 4.69) is 22.5 Å². The zero-order valence-corrected chi connectivity index (χ0v) is 11.8. The Hall–Kier alpha value is -0.800. The SMILES string of the molecule is Cc1cc2c(n1C1CCN(C3CC3)C1)CCCC2O. The number of hydrogen-bond donors (Lipinski definition) is 1. The van der Waals surface area contributed by atoms with Crippen LogP contribution in [0.5, 0.6) is 0 Å². The standard InChI is InChI=1S/C16H24N2O/c1-11-9-14-15(3-2-4-16(14)19)18(11)13-7-8-17(10-13)12-5-6-12/h9,12-13,16,19H,2-8,10H2,1H3. The van der Waals surface area contributed by atoms with Crippen LogP contribution in [0.1, 0.15) is 61.2 Å². The minimum atomic E-state index is -0.218. The highest BCUT2D eigenvalue weighted by atomic mass is 16.3. The van der Waals surface area contributed by atoms with E-state index in [9.17, 15) is 5.11 Å². The Morgan fingerprint density at radius 1 is 1.16 bits per heavy atom. The maximum absolute atomic E-state index is 10.2. The van der Waals surface area contributed by atoms with Gasteiger partial charge >= 0.3 is 0 Å². The van der Waals surface area contributed by atoms with Gasteiger partial charge in [-0.2, -0.15) is 0 Å². The van der Waals surface area contributed by atoms with Gasteiger partial charge in [-0.25, -0.2) is 0 Å². The summed E-state index contributed by atoms with van der Waals surface area (Å²) in [5.41, 5.74) is 4.00. The summed E-state index contributed by atoms with van der Waals surface area (Å²) in [6, 6.07) is 3.77. The minimum Gasteiger partial charge on any atom is -0.388 e. The Bertz CT molecular complexity index is 489. The average Bonchev–Trinajstić information content (AvgIpc) is 3.03. The summed E-state index contributed by atoms with van der Waals surface area (Å²) < 4.78 is 2.56. The Labute approximate surface area is 115 Å². The van der Waals surface area contributed by atoms with Crippen LogP contribution in [0, 0.1) is 6.92 Å². The van der Waals surface area contributed by atoms with Crippen LogP contribution in [0.15, 0.2) is 6.07 Å². The molecule has 1 aliphatic heterocycles. The topological polar surface area (TPSA) is 28.4 Å². The summed E-state index contributed by atoms with van der Waals surface area (Å²) in [6.07, 6.45) is 7.12. The van der Waals surface area contributed by atoms with Crippen molar-refractivity contribution in [3.8, 4) is 0 Å². The number of rotatable bonds is 2. The van der Waals surface area contributed by atoms with Crippen molar-refractivity contribution in [1.29, 1.82) is 0 Å². The lowest BCUT2D eigenvalue weighted by Crippen LogP contribution is -2.25. The number of aromatic nitrogens is 1. The maximum Gasteiger partial charge on any atom is 0.0807 e. The molecule has 2 heterocycles. The number of hydrogen-bond acceptors (Lipinski definition) is 2. The fourth-order valence-corrected chi connectivity index (χ4v) is 4.16. The van der Waals surface area contributed by atoms with Gasteiger partial charge in [-0.15, -0.1) is 0 Å². The van der Waals surface area contributed by atoms with Crippen molar-refractivity contribution in [3.05, 3.63) is 23.0 Å². The molecule has 3 nitrogen and oxygen atoms in total. The molecule has 0 spiro atoms. The quantitative estimate of drug-likeness (QED) is 0.885. The van der Waals surface area contributed by atoms with E-state index in [1.54, 1.807) is 0 Å². The molecule has 2 aliphatic carbocycles. The fourth-order valence-electron chi connectivity index (χ4n) is 4.16. The van der Waals surface area contributed by atoms with Crippen LogP contribution in [-0.2, 0) is 6.42 Å². The van der Waals surface area contributed by atoms with Gasteiger partial charge in [0.1, 0.15) is 0 Å². The zero-order valence-electron chi connectivity index (χ0n) is 11.8. The van der Waals surface area contributed by atoms with Crippen molar-refractivity contribution in [3.63, 3.8) is 0 Å². The van der Waals surface area contributed by atoms with E-state index in [4.69, 9.17) is 0 Å². The molecule has 1 saturated heterocycles. The summed E-state index contributed by atoms with van der Waals surface area (Å²) in [5.74, 6) is 0. The van der Waals surface area contributed by atoms with Crippen molar-refractivity contribution in [2.45, 2.75) is 63.6 Å². The van der Waals surface area contributed by atoms with Crippen molar-refractivity contribution in [2.75, 3.05) is 13.1 Å². The van der Waals surface area contributed by atoms with E-state index in [0.717, 1.165) is 25.3 Å². The first kappa shape index (κ1) is 12.0. The second-order valence-electron chi connectivity index (χ2n) is 6.63. The molecule has 0 aromatic carbocycles. The molecule has 3 heteroatoms. The first-order valence-electron chi connectivity index (χ1n) is 7.87. The van der Waals surface area contributed by atoms with Crippen LogP contribution in [0.25, 0.3) is 0 Å². The van der Waals surface area contributed by atoms with Crippen LogP contribution in [0.3, 0.4) is 0 Å². The highest BCUT2D eigenvalue weighted by Crippen LogP contribution is 2.38. The molecule has 3 aliphatic rings. The number of fused-ring (bicyclic) bond motifs is 1. The third-order valence-corrected chi connectivity index (χ3v) is 5.24. The van der Waals surface area contributed by atoms with Crippen molar-refractivity contribution in [2.24, 2.45) is 0 Å². The summed E-state index contributed by atoms with van der Waals surface area (Å²) >= 11 is 0. The lowest BCUT2D eigenvalue weighted by Gasteiger charge is -2.24. The molecule has 0 bridgehead atoms. The van der Waals surface area contributed by atoms with Gasteiger partial charge in [0.25, 0.3) is 0 Å². The maximum atomic E-state index is 10.2. The summed E-state index contributed by atoms with van der Waals surface area (Å²) in [6.45, 7) is 4.71. The van der Waals surface area contributed by atoms with Gasteiger partial charge in [0, 0.05) is 42.1 Å². The third-order valence-electron chi connectivity index (χ3n) is 5.24. The Morgan fingerprint density at radius 2 is 2.00 bits per heavy atom. The number of aliphatic hydroxyl groups excluding tert-OH is 1. The van der Waals surface area contributed by atoms with E-state index in [0.29, 0.717) is 6.04 Å². The normalized spacial score (nSPS) is 31.7. The molecule has 1 saturated carbocycles. The Morgan fingerprint density at radius 3 is 2.79 bits per heavy atom. The van der Waals surface area contributed by atoms with Crippen molar-refractivity contribution in [1.82, 2.24) is 9.47 Å². The highest BCUT2D eigenvalue weighted by molar-refractivity contribution is 5.32. The summed E-state index contributed by atoms with van der Waals surface area (Å²) in [4.78, 5) is 2.68. The molecule has 1 aromatic rings. The molecular weight excluding hydrogens is 236 g/mol.